The van der Waals surface area contributed by atoms with Crippen LogP contribution in [0.5, 0.6) is 0 Å². The molecule has 0 spiro atoms. The molecule has 0 N–H and O–H groups in total. The van der Waals surface area contributed by atoms with Gasteiger partial charge >= 0.3 is 5.97 Å². The highest BCUT2D eigenvalue weighted by Gasteiger charge is 2.21. The van der Waals surface area contributed by atoms with Crippen LogP contribution in [-0.4, -0.2) is 17.6 Å². The molecule has 0 atom stereocenters. The first-order valence-corrected chi connectivity index (χ1v) is 7.76. The average Bonchev–Trinajstić information content (AvgIpc) is 2.82. The largest absolute Gasteiger partial charge is 0.461 e. The number of benzene rings is 1. The summed E-state index contributed by atoms with van der Waals surface area (Å²) in [7, 11) is 0. The van der Waals surface area contributed by atoms with Gasteiger partial charge in [0.25, 0.3) is 0 Å². The van der Waals surface area contributed by atoms with Gasteiger partial charge in [-0.3, -0.25) is 0 Å². The van der Waals surface area contributed by atoms with Crippen molar-refractivity contribution in [2.45, 2.75) is 27.2 Å². The van der Waals surface area contributed by atoms with Gasteiger partial charge in [-0.15, -0.1) is 11.3 Å². The van der Waals surface area contributed by atoms with E-state index in [1.54, 1.807) is 25.1 Å². The van der Waals surface area contributed by atoms with Crippen molar-refractivity contribution in [3.63, 3.8) is 0 Å². The number of carbonyl (C=O) groups is 1. The zero-order valence-corrected chi connectivity index (χ0v) is 13.2. The van der Waals surface area contributed by atoms with E-state index in [1.807, 2.05) is 0 Å². The number of hydrogen-bond acceptors (Lipinski definition) is 4. The van der Waals surface area contributed by atoms with Crippen molar-refractivity contribution in [3.05, 3.63) is 40.7 Å². The molecule has 3 nitrogen and oxygen atoms in total. The van der Waals surface area contributed by atoms with Gasteiger partial charge in [0.15, 0.2) is 5.69 Å². The Labute approximate surface area is 127 Å². The predicted molar refractivity (Wildman–Crippen MR) is 82.0 cm³/mol. The molecule has 2 rings (SSSR count). The van der Waals surface area contributed by atoms with Gasteiger partial charge in [-0.05, 0) is 31.4 Å². The maximum absolute atomic E-state index is 13.9. The molecule has 0 aliphatic carbocycles. The Morgan fingerprint density at radius 2 is 2.10 bits per heavy atom. The van der Waals surface area contributed by atoms with Crippen LogP contribution in [0.15, 0.2) is 24.3 Å². The molecule has 1 aromatic carbocycles. The third kappa shape index (κ3) is 3.67. The second kappa shape index (κ2) is 6.80. The molecule has 0 aliphatic heterocycles. The first-order chi connectivity index (χ1) is 10.0. The van der Waals surface area contributed by atoms with Crippen LogP contribution in [0.3, 0.4) is 0 Å². The molecule has 0 saturated carbocycles. The molecule has 0 amide bonds. The average molecular weight is 307 g/mol. The Balaban J connectivity index is 2.45. The number of thiazole rings is 1. The highest BCUT2D eigenvalue weighted by molar-refractivity contribution is 7.15. The van der Waals surface area contributed by atoms with Gasteiger partial charge in [0.2, 0.25) is 0 Å². The minimum absolute atomic E-state index is 0.298. The minimum Gasteiger partial charge on any atom is -0.461 e. The van der Waals surface area contributed by atoms with Crippen molar-refractivity contribution in [1.29, 1.82) is 0 Å². The molecule has 0 bridgehead atoms. The van der Waals surface area contributed by atoms with E-state index in [0.717, 1.165) is 11.3 Å². The zero-order valence-electron chi connectivity index (χ0n) is 12.4. The third-order valence-corrected chi connectivity index (χ3v) is 3.97. The molecule has 0 aliphatic rings. The molecule has 5 heteroatoms. The summed E-state index contributed by atoms with van der Waals surface area (Å²) in [5, 5.41) is 0.520. The highest BCUT2D eigenvalue weighted by Crippen LogP contribution is 2.31. The zero-order chi connectivity index (χ0) is 15.4. The molecule has 0 saturated heterocycles. The Bertz CT molecular complexity index is 637. The van der Waals surface area contributed by atoms with Crippen molar-refractivity contribution in [3.8, 4) is 10.6 Å². The summed E-state index contributed by atoms with van der Waals surface area (Å²) < 4.78 is 18.9. The van der Waals surface area contributed by atoms with Gasteiger partial charge < -0.3 is 4.74 Å². The van der Waals surface area contributed by atoms with Crippen LogP contribution >= 0.6 is 11.3 Å². The van der Waals surface area contributed by atoms with Crippen LogP contribution < -0.4 is 0 Å². The Morgan fingerprint density at radius 1 is 1.38 bits per heavy atom. The first kappa shape index (κ1) is 15.6. The summed E-state index contributed by atoms with van der Waals surface area (Å²) in [6.07, 6.45) is 0.722. The van der Waals surface area contributed by atoms with Crippen LogP contribution in [0.1, 0.15) is 36.1 Å². The van der Waals surface area contributed by atoms with Gasteiger partial charge in [0.1, 0.15) is 10.8 Å². The molecule has 2 aromatic rings. The van der Waals surface area contributed by atoms with E-state index in [1.165, 1.54) is 17.4 Å². The van der Waals surface area contributed by atoms with Gasteiger partial charge in [-0.25, -0.2) is 14.2 Å². The maximum Gasteiger partial charge on any atom is 0.358 e. The number of carbonyl (C=O) groups excluding carboxylic acids is 1. The summed E-state index contributed by atoms with van der Waals surface area (Å²) in [4.78, 5) is 17.2. The molecule has 0 unspecified atom stereocenters. The van der Waals surface area contributed by atoms with Crippen LogP contribution in [0.2, 0.25) is 0 Å². The van der Waals surface area contributed by atoms with Crippen LogP contribution in [0.4, 0.5) is 4.39 Å². The summed E-state index contributed by atoms with van der Waals surface area (Å²) in [6, 6.07) is 6.45. The smallest absolute Gasteiger partial charge is 0.358 e. The molecule has 0 radical (unpaired) electrons. The van der Waals surface area contributed by atoms with Crippen molar-refractivity contribution in [2.75, 3.05) is 6.61 Å². The third-order valence-electron chi connectivity index (χ3n) is 2.86. The molecule has 0 fully saturated rings. The van der Waals surface area contributed by atoms with Gasteiger partial charge in [-0.1, -0.05) is 26.0 Å². The van der Waals surface area contributed by atoms with E-state index in [-0.39, 0.29) is 5.82 Å². The highest BCUT2D eigenvalue weighted by atomic mass is 32.1. The summed E-state index contributed by atoms with van der Waals surface area (Å²) in [5.41, 5.74) is 0.733. The fraction of sp³-hybridized carbons (Fsp3) is 0.375. The van der Waals surface area contributed by atoms with E-state index in [9.17, 15) is 9.18 Å². The molecule has 21 heavy (non-hydrogen) atoms. The van der Waals surface area contributed by atoms with Gasteiger partial charge in [-0.2, -0.15) is 0 Å². The van der Waals surface area contributed by atoms with Crippen molar-refractivity contribution in [2.24, 2.45) is 5.92 Å². The van der Waals surface area contributed by atoms with Gasteiger partial charge in [0.05, 0.1) is 6.61 Å². The molecular formula is C16H18FNO2S. The summed E-state index contributed by atoms with van der Waals surface area (Å²) in [5.74, 6) is -0.392. The number of esters is 1. The SMILES string of the molecule is CCOC(=O)c1nc(-c2ccccc2F)sc1CC(C)C. The standard InChI is InChI=1S/C16H18FNO2S/c1-4-20-16(19)14-13(9-10(2)3)21-15(18-14)11-7-5-6-8-12(11)17/h5-8,10H,4,9H2,1-3H3. The van der Waals surface area contributed by atoms with Crippen LogP contribution in [0, 0.1) is 11.7 Å². The van der Waals surface area contributed by atoms with Crippen LogP contribution in [0.25, 0.3) is 10.6 Å². The fourth-order valence-electron chi connectivity index (χ4n) is 1.97. The van der Waals surface area contributed by atoms with Crippen molar-refractivity contribution < 1.29 is 13.9 Å². The second-order valence-electron chi connectivity index (χ2n) is 5.09. The number of ether oxygens (including phenoxy) is 1. The minimum atomic E-state index is -0.438. The molecule has 1 aromatic heterocycles. The summed E-state index contributed by atoms with van der Waals surface area (Å²) >= 11 is 1.36. The Morgan fingerprint density at radius 3 is 2.71 bits per heavy atom. The van der Waals surface area contributed by atoms with E-state index < -0.39 is 5.97 Å². The lowest BCUT2D eigenvalue weighted by atomic mass is 10.1. The predicted octanol–water partition coefficient (Wildman–Crippen LogP) is 4.32. The fourth-order valence-corrected chi connectivity index (χ4v) is 3.26. The molecule has 1 heterocycles. The maximum atomic E-state index is 13.9. The lowest BCUT2D eigenvalue weighted by Gasteiger charge is -2.04. The molecule has 112 valence electrons. The monoisotopic (exact) mass is 307 g/mol. The molecular weight excluding hydrogens is 289 g/mol. The Kier molecular flexibility index (Phi) is 5.07. The number of nitrogens with zero attached hydrogens (tertiary/aromatic N) is 1. The normalized spacial score (nSPS) is 10.9. The van der Waals surface area contributed by atoms with Gasteiger partial charge in [0, 0.05) is 10.4 Å². The topological polar surface area (TPSA) is 39.2 Å². The quantitative estimate of drug-likeness (QED) is 0.772. The second-order valence-corrected chi connectivity index (χ2v) is 6.17. The summed E-state index contributed by atoms with van der Waals surface area (Å²) in [6.45, 7) is 6.19. The Hall–Kier alpha value is -1.75. The van der Waals surface area contributed by atoms with E-state index in [0.29, 0.717) is 28.8 Å². The number of rotatable bonds is 5. The number of aromatic nitrogens is 1. The number of halogens is 1. The lowest BCUT2D eigenvalue weighted by molar-refractivity contribution is 0.0519. The number of hydrogen-bond donors (Lipinski definition) is 0. The van der Waals surface area contributed by atoms with E-state index in [4.69, 9.17) is 4.74 Å². The lowest BCUT2D eigenvalue weighted by Crippen LogP contribution is -2.08. The van der Waals surface area contributed by atoms with Crippen molar-refractivity contribution in [1.82, 2.24) is 4.98 Å². The van der Waals surface area contributed by atoms with Crippen molar-refractivity contribution >= 4 is 17.3 Å². The van der Waals surface area contributed by atoms with Crippen LogP contribution in [-0.2, 0) is 11.2 Å². The van der Waals surface area contributed by atoms with E-state index >= 15 is 0 Å². The van der Waals surface area contributed by atoms with E-state index in [2.05, 4.69) is 18.8 Å². The first-order valence-electron chi connectivity index (χ1n) is 6.94.